The summed E-state index contributed by atoms with van der Waals surface area (Å²) in [6, 6.07) is 14.1. The van der Waals surface area contributed by atoms with Crippen LogP contribution in [0.2, 0.25) is 0 Å². The van der Waals surface area contributed by atoms with Gasteiger partial charge in [-0.3, -0.25) is 4.90 Å². The summed E-state index contributed by atoms with van der Waals surface area (Å²) in [7, 11) is -0.459. The molecule has 0 saturated carbocycles. The predicted octanol–water partition coefficient (Wildman–Crippen LogP) is 5.07. The lowest BCUT2D eigenvalue weighted by atomic mass is 10.1. The van der Waals surface area contributed by atoms with Crippen molar-refractivity contribution in [1.29, 1.82) is 0 Å². The van der Waals surface area contributed by atoms with E-state index in [1.54, 1.807) is 12.1 Å². The van der Waals surface area contributed by atoms with E-state index >= 15 is 0 Å². The van der Waals surface area contributed by atoms with Crippen LogP contribution in [0.5, 0.6) is 11.5 Å². The van der Waals surface area contributed by atoms with E-state index in [-0.39, 0.29) is 22.1 Å². The van der Waals surface area contributed by atoms with Gasteiger partial charge in [-0.1, -0.05) is 12.1 Å². The number of fused-ring (bicyclic) bond motifs is 1. The summed E-state index contributed by atoms with van der Waals surface area (Å²) >= 11 is 0. The van der Waals surface area contributed by atoms with Crippen LogP contribution in [0.4, 0.5) is 13.2 Å². The van der Waals surface area contributed by atoms with Gasteiger partial charge in [0.15, 0.2) is 0 Å². The highest BCUT2D eigenvalue weighted by Crippen LogP contribution is 2.36. The van der Waals surface area contributed by atoms with Gasteiger partial charge in [0.2, 0.25) is 9.84 Å². The van der Waals surface area contributed by atoms with E-state index in [1.807, 2.05) is 7.05 Å². The van der Waals surface area contributed by atoms with Crippen LogP contribution in [0.1, 0.15) is 22.3 Å². The number of sulfone groups is 1. The number of rotatable bonds is 6. The molecule has 0 aliphatic carbocycles. The van der Waals surface area contributed by atoms with Gasteiger partial charge in [0.1, 0.15) is 23.0 Å². The second kappa shape index (κ2) is 8.72. The summed E-state index contributed by atoms with van der Waals surface area (Å²) in [5, 5.41) is 0. The lowest BCUT2D eigenvalue weighted by Gasteiger charge is -2.13. The van der Waals surface area contributed by atoms with Crippen LogP contribution < -0.4 is 9.47 Å². The van der Waals surface area contributed by atoms with Gasteiger partial charge >= 0.3 is 6.18 Å². The average Bonchev–Trinajstić information content (AvgIpc) is 3.15. The Morgan fingerprint density at radius 3 is 2.27 bits per heavy atom. The Morgan fingerprint density at radius 2 is 1.64 bits per heavy atom. The summed E-state index contributed by atoms with van der Waals surface area (Å²) < 4.78 is 76.1. The summed E-state index contributed by atoms with van der Waals surface area (Å²) in [4.78, 5) is 2.24. The molecule has 1 heterocycles. The predicted molar refractivity (Wildman–Crippen MR) is 116 cm³/mol. The number of hydrogen-bond acceptors (Lipinski definition) is 5. The molecule has 0 aromatic heterocycles. The second-order valence-electron chi connectivity index (χ2n) is 7.91. The molecule has 0 spiro atoms. The number of alkyl halides is 3. The van der Waals surface area contributed by atoms with Crippen LogP contribution in [0.25, 0.3) is 0 Å². The van der Waals surface area contributed by atoms with Crippen molar-refractivity contribution < 1.29 is 31.1 Å². The standard InChI is InChI=1S/C24H22F3NO4S/c1-28-13-17-11-22(31-2)23(12-18(17)14-28)33(29,30)21-8-6-20(7-9-21)32-15-16-4-3-5-19(10-16)24(25,26)27/h3-12H,13-15H2,1-2H3. The third kappa shape index (κ3) is 4.84. The normalized spacial score (nSPS) is 14.2. The largest absolute Gasteiger partial charge is 0.495 e. The van der Waals surface area contributed by atoms with Crippen LogP contribution in [0.3, 0.4) is 0 Å². The summed E-state index contributed by atoms with van der Waals surface area (Å²) in [5.41, 5.74) is 1.58. The third-order valence-electron chi connectivity index (χ3n) is 5.45. The van der Waals surface area contributed by atoms with Gasteiger partial charge in [-0.2, -0.15) is 13.2 Å². The Hall–Kier alpha value is -3.04. The smallest absolute Gasteiger partial charge is 0.416 e. The minimum absolute atomic E-state index is 0.0681. The Labute approximate surface area is 190 Å². The maximum atomic E-state index is 13.3. The molecule has 0 radical (unpaired) electrons. The monoisotopic (exact) mass is 477 g/mol. The molecule has 3 aromatic rings. The molecule has 0 bridgehead atoms. The van der Waals surface area contributed by atoms with E-state index in [2.05, 4.69) is 4.90 Å². The van der Waals surface area contributed by atoms with Crippen LogP contribution in [0, 0.1) is 0 Å². The second-order valence-corrected chi connectivity index (χ2v) is 9.82. The first-order valence-corrected chi connectivity index (χ1v) is 11.6. The fourth-order valence-electron chi connectivity index (χ4n) is 3.79. The van der Waals surface area contributed by atoms with Crippen molar-refractivity contribution in [2.24, 2.45) is 0 Å². The zero-order valence-corrected chi connectivity index (χ0v) is 18.8. The highest BCUT2D eigenvalue weighted by molar-refractivity contribution is 7.91. The Morgan fingerprint density at radius 1 is 0.970 bits per heavy atom. The maximum absolute atomic E-state index is 13.3. The van der Waals surface area contributed by atoms with Gasteiger partial charge in [0.05, 0.1) is 17.6 Å². The Kier molecular flexibility index (Phi) is 6.11. The third-order valence-corrected chi connectivity index (χ3v) is 7.24. The molecule has 3 aromatic carbocycles. The first-order valence-electron chi connectivity index (χ1n) is 10.1. The number of ether oxygens (including phenoxy) is 2. The molecule has 174 valence electrons. The molecule has 33 heavy (non-hydrogen) atoms. The van der Waals surface area contributed by atoms with E-state index in [4.69, 9.17) is 9.47 Å². The first-order chi connectivity index (χ1) is 15.6. The topological polar surface area (TPSA) is 55.8 Å². The molecule has 4 rings (SSSR count). The molecule has 0 amide bonds. The fourth-order valence-corrected chi connectivity index (χ4v) is 5.24. The van der Waals surface area contributed by atoms with E-state index in [1.165, 1.54) is 43.5 Å². The molecule has 0 unspecified atom stereocenters. The van der Waals surface area contributed by atoms with E-state index in [0.29, 0.717) is 17.9 Å². The van der Waals surface area contributed by atoms with Gasteiger partial charge < -0.3 is 9.47 Å². The van der Waals surface area contributed by atoms with Crippen molar-refractivity contribution in [2.75, 3.05) is 14.2 Å². The molecule has 0 fully saturated rings. The average molecular weight is 478 g/mol. The fraction of sp³-hybridized carbons (Fsp3) is 0.250. The number of nitrogens with zero attached hydrogens (tertiary/aromatic N) is 1. The molecule has 1 aliphatic rings. The van der Waals surface area contributed by atoms with Crippen molar-refractivity contribution in [1.82, 2.24) is 4.90 Å². The Balaban J connectivity index is 1.53. The van der Waals surface area contributed by atoms with Crippen molar-refractivity contribution in [2.45, 2.75) is 35.7 Å². The summed E-state index contributed by atoms with van der Waals surface area (Å²) in [5.74, 6) is 0.628. The van der Waals surface area contributed by atoms with Crippen molar-refractivity contribution in [3.63, 3.8) is 0 Å². The van der Waals surface area contributed by atoms with Crippen LogP contribution >= 0.6 is 0 Å². The molecule has 0 saturated heterocycles. The number of methoxy groups -OCH3 is 1. The highest BCUT2D eigenvalue weighted by atomic mass is 32.2. The van der Waals surface area contributed by atoms with Gasteiger partial charge in [0, 0.05) is 13.1 Å². The zero-order valence-electron chi connectivity index (χ0n) is 18.0. The Bertz CT molecular complexity index is 1270. The zero-order chi connectivity index (χ0) is 23.8. The van der Waals surface area contributed by atoms with Gasteiger partial charge in [-0.25, -0.2) is 8.42 Å². The lowest BCUT2D eigenvalue weighted by molar-refractivity contribution is -0.137. The molecular weight excluding hydrogens is 455 g/mol. The molecular formula is C24H22F3NO4S. The van der Waals surface area contributed by atoms with Gasteiger partial charge in [0.25, 0.3) is 0 Å². The van der Waals surface area contributed by atoms with Gasteiger partial charge in [-0.05, 0) is 72.3 Å². The summed E-state index contributed by atoms with van der Waals surface area (Å²) in [6.45, 7) is 1.30. The first kappa shape index (κ1) is 23.1. The van der Waals surface area contributed by atoms with Crippen LogP contribution in [0.15, 0.2) is 70.5 Å². The highest BCUT2D eigenvalue weighted by Gasteiger charge is 2.30. The van der Waals surface area contributed by atoms with Crippen molar-refractivity contribution >= 4 is 9.84 Å². The number of halogens is 3. The molecule has 5 nitrogen and oxygen atoms in total. The summed E-state index contributed by atoms with van der Waals surface area (Å²) in [6.07, 6.45) is -4.43. The quantitative estimate of drug-likeness (QED) is 0.496. The number of benzene rings is 3. The molecule has 0 atom stereocenters. The van der Waals surface area contributed by atoms with Crippen molar-refractivity contribution in [3.05, 3.63) is 82.9 Å². The van der Waals surface area contributed by atoms with Crippen molar-refractivity contribution in [3.8, 4) is 11.5 Å². The molecule has 0 N–H and O–H groups in total. The minimum Gasteiger partial charge on any atom is -0.495 e. The molecule has 1 aliphatic heterocycles. The van der Waals surface area contributed by atoms with Crippen LogP contribution in [-0.2, 0) is 35.7 Å². The van der Waals surface area contributed by atoms with E-state index in [9.17, 15) is 21.6 Å². The van der Waals surface area contributed by atoms with E-state index in [0.717, 1.165) is 29.8 Å². The lowest BCUT2D eigenvalue weighted by Crippen LogP contribution is -2.07. The maximum Gasteiger partial charge on any atom is 0.416 e. The minimum atomic E-state index is -4.43. The van der Waals surface area contributed by atoms with Crippen LogP contribution in [-0.4, -0.2) is 27.5 Å². The number of hydrogen-bond donors (Lipinski definition) is 0. The van der Waals surface area contributed by atoms with Gasteiger partial charge in [-0.15, -0.1) is 0 Å². The molecule has 9 heteroatoms. The SMILES string of the molecule is COc1cc2c(cc1S(=O)(=O)c1ccc(OCc3cccc(C(F)(F)F)c3)cc1)CN(C)C2. The van der Waals surface area contributed by atoms with E-state index < -0.39 is 21.6 Å².